The summed E-state index contributed by atoms with van der Waals surface area (Å²) < 4.78 is 0. The molecule has 0 aliphatic carbocycles. The van der Waals surface area contributed by atoms with E-state index in [1.54, 1.807) is 0 Å². The number of halogens is 2. The number of thiophene rings is 1. The third-order valence-electron chi connectivity index (χ3n) is 1.06. The Balaban J connectivity index is 3.33. The lowest BCUT2D eigenvalue weighted by molar-refractivity contribution is 0.112. The maximum atomic E-state index is 10.3. The third kappa shape index (κ3) is 1.45. The molecule has 11 heavy (non-hydrogen) atoms. The molecule has 0 atom stereocenters. The smallest absolute Gasteiger partial charge is 0.161 e. The number of aldehydes is 2. The molecule has 0 fully saturated rings. The van der Waals surface area contributed by atoms with Crippen molar-refractivity contribution in [2.45, 2.75) is 0 Å². The molecule has 0 unspecified atom stereocenters. The van der Waals surface area contributed by atoms with Crippen molar-refractivity contribution in [1.82, 2.24) is 0 Å². The second-order valence-electron chi connectivity index (χ2n) is 1.69. The lowest BCUT2D eigenvalue weighted by Gasteiger charge is -1.82. The zero-order valence-electron chi connectivity index (χ0n) is 5.14. The molecule has 0 saturated heterocycles. The standard InChI is InChI=1S/C6H2Cl2O2S/c7-5-3(1-9)11-4(2-10)6(5)8/h1-2H. The van der Waals surface area contributed by atoms with Gasteiger partial charge in [-0.1, -0.05) is 23.2 Å². The van der Waals surface area contributed by atoms with Crippen molar-refractivity contribution in [2.24, 2.45) is 0 Å². The summed E-state index contributed by atoms with van der Waals surface area (Å²) in [5, 5.41) is 0.322. The van der Waals surface area contributed by atoms with Crippen LogP contribution in [0.15, 0.2) is 0 Å². The Bertz CT molecular complexity index is 277. The topological polar surface area (TPSA) is 34.1 Å². The predicted molar refractivity (Wildman–Crippen MR) is 45.1 cm³/mol. The lowest BCUT2D eigenvalue weighted by atomic mass is 10.4. The van der Waals surface area contributed by atoms with Crippen LogP contribution in [0.2, 0.25) is 10.0 Å². The molecular formula is C6H2Cl2O2S. The van der Waals surface area contributed by atoms with Crippen molar-refractivity contribution in [3.8, 4) is 0 Å². The molecule has 1 heterocycles. The third-order valence-corrected chi connectivity index (χ3v) is 3.21. The van der Waals surface area contributed by atoms with E-state index < -0.39 is 0 Å². The van der Waals surface area contributed by atoms with E-state index in [4.69, 9.17) is 23.2 Å². The molecule has 1 rings (SSSR count). The fourth-order valence-corrected chi connectivity index (χ4v) is 1.93. The molecule has 0 N–H and O–H groups in total. The Labute approximate surface area is 76.7 Å². The summed E-state index contributed by atoms with van der Waals surface area (Å²) in [5.74, 6) is 0. The number of hydrogen-bond donors (Lipinski definition) is 0. The molecule has 0 aliphatic heterocycles. The second-order valence-corrected chi connectivity index (χ2v) is 3.53. The van der Waals surface area contributed by atoms with E-state index in [-0.39, 0.29) is 10.0 Å². The average molecular weight is 209 g/mol. The van der Waals surface area contributed by atoms with Crippen LogP contribution in [0.25, 0.3) is 0 Å². The van der Waals surface area contributed by atoms with Crippen LogP contribution in [0.5, 0.6) is 0 Å². The summed E-state index contributed by atoms with van der Waals surface area (Å²) in [5.41, 5.74) is 0. The predicted octanol–water partition coefficient (Wildman–Crippen LogP) is 2.68. The summed E-state index contributed by atoms with van der Waals surface area (Å²) in [6, 6.07) is 0. The zero-order chi connectivity index (χ0) is 8.43. The number of carbonyl (C=O) groups excluding carboxylic acids is 2. The molecule has 0 amide bonds. The monoisotopic (exact) mass is 208 g/mol. The molecule has 0 aromatic carbocycles. The van der Waals surface area contributed by atoms with Gasteiger partial charge in [-0.15, -0.1) is 11.3 Å². The number of rotatable bonds is 2. The van der Waals surface area contributed by atoms with Crippen molar-refractivity contribution >= 4 is 47.1 Å². The van der Waals surface area contributed by atoms with E-state index in [0.717, 1.165) is 11.3 Å². The largest absolute Gasteiger partial charge is 0.297 e. The minimum absolute atomic E-state index is 0.161. The molecule has 5 heteroatoms. The Morgan fingerprint density at radius 1 is 1.00 bits per heavy atom. The van der Waals surface area contributed by atoms with E-state index in [1.807, 2.05) is 0 Å². The van der Waals surface area contributed by atoms with Crippen LogP contribution in [0.1, 0.15) is 19.3 Å². The molecule has 0 radical (unpaired) electrons. The molecule has 2 nitrogen and oxygen atoms in total. The van der Waals surface area contributed by atoms with Crippen LogP contribution in [-0.2, 0) is 0 Å². The van der Waals surface area contributed by atoms with Crippen LogP contribution >= 0.6 is 34.5 Å². The highest BCUT2D eigenvalue weighted by atomic mass is 35.5. The summed E-state index contributed by atoms with van der Waals surface area (Å²) >= 11 is 12.1. The molecule has 0 saturated carbocycles. The minimum Gasteiger partial charge on any atom is -0.297 e. The molecule has 58 valence electrons. The summed E-state index contributed by atoms with van der Waals surface area (Å²) in [4.78, 5) is 21.1. The minimum atomic E-state index is 0.161. The van der Waals surface area contributed by atoms with Crippen molar-refractivity contribution in [3.05, 3.63) is 19.8 Å². The van der Waals surface area contributed by atoms with Gasteiger partial charge >= 0.3 is 0 Å². The van der Waals surface area contributed by atoms with Gasteiger partial charge in [0.1, 0.15) is 0 Å². The maximum absolute atomic E-state index is 10.3. The van der Waals surface area contributed by atoms with Crippen LogP contribution in [0, 0.1) is 0 Å². The van der Waals surface area contributed by atoms with Gasteiger partial charge in [-0.25, -0.2) is 0 Å². The maximum Gasteiger partial charge on any atom is 0.161 e. The van der Waals surface area contributed by atoms with Gasteiger partial charge in [0.25, 0.3) is 0 Å². The van der Waals surface area contributed by atoms with Crippen molar-refractivity contribution in [3.63, 3.8) is 0 Å². The van der Waals surface area contributed by atoms with Gasteiger partial charge in [-0.2, -0.15) is 0 Å². The first-order valence-corrected chi connectivity index (χ1v) is 4.16. The first-order chi connectivity index (χ1) is 5.20. The quantitative estimate of drug-likeness (QED) is 0.701. The first kappa shape index (κ1) is 8.71. The van der Waals surface area contributed by atoms with Crippen LogP contribution in [0.4, 0.5) is 0 Å². The van der Waals surface area contributed by atoms with Gasteiger partial charge < -0.3 is 0 Å². The summed E-state index contributed by atoms with van der Waals surface area (Å²) in [7, 11) is 0. The van der Waals surface area contributed by atoms with E-state index in [2.05, 4.69) is 0 Å². The van der Waals surface area contributed by atoms with Gasteiger partial charge in [-0.05, 0) is 0 Å². The fraction of sp³-hybridized carbons (Fsp3) is 0. The normalized spacial score (nSPS) is 9.64. The average Bonchev–Trinajstić information content (AvgIpc) is 2.30. The van der Waals surface area contributed by atoms with E-state index in [1.165, 1.54) is 0 Å². The van der Waals surface area contributed by atoms with Crippen LogP contribution < -0.4 is 0 Å². The Hall–Kier alpha value is -0.380. The molecule has 1 aromatic rings. The number of carbonyl (C=O) groups is 2. The van der Waals surface area contributed by atoms with E-state index >= 15 is 0 Å². The van der Waals surface area contributed by atoms with Gasteiger partial charge in [-0.3, -0.25) is 9.59 Å². The van der Waals surface area contributed by atoms with E-state index in [9.17, 15) is 9.59 Å². The molecule has 0 spiro atoms. The fourth-order valence-electron chi connectivity index (χ4n) is 0.576. The van der Waals surface area contributed by atoms with Gasteiger partial charge in [0.15, 0.2) is 12.6 Å². The van der Waals surface area contributed by atoms with Gasteiger partial charge in [0, 0.05) is 0 Å². The van der Waals surface area contributed by atoms with Gasteiger partial charge in [0.2, 0.25) is 0 Å². The van der Waals surface area contributed by atoms with Crippen LogP contribution in [-0.4, -0.2) is 12.6 Å². The SMILES string of the molecule is O=Cc1sc(C=O)c(Cl)c1Cl. The highest BCUT2D eigenvalue weighted by Crippen LogP contribution is 2.34. The van der Waals surface area contributed by atoms with Gasteiger partial charge in [0.05, 0.1) is 19.8 Å². The second kappa shape index (κ2) is 3.34. The summed E-state index contributed by atoms with van der Waals surface area (Å²) in [6.45, 7) is 0. The Kier molecular flexibility index (Phi) is 2.65. The molecule has 0 bridgehead atoms. The van der Waals surface area contributed by atoms with Crippen LogP contribution in [0.3, 0.4) is 0 Å². The highest BCUT2D eigenvalue weighted by molar-refractivity contribution is 7.16. The van der Waals surface area contributed by atoms with Crippen molar-refractivity contribution in [1.29, 1.82) is 0 Å². The Morgan fingerprint density at radius 3 is 1.55 bits per heavy atom. The number of hydrogen-bond acceptors (Lipinski definition) is 3. The summed E-state index contributed by atoms with van der Waals surface area (Å²) in [6.07, 6.45) is 1.15. The van der Waals surface area contributed by atoms with Crippen molar-refractivity contribution in [2.75, 3.05) is 0 Å². The van der Waals surface area contributed by atoms with Crippen molar-refractivity contribution < 1.29 is 9.59 Å². The Morgan fingerprint density at radius 2 is 1.36 bits per heavy atom. The first-order valence-electron chi connectivity index (χ1n) is 2.58. The lowest BCUT2D eigenvalue weighted by Crippen LogP contribution is -1.69. The highest BCUT2D eigenvalue weighted by Gasteiger charge is 2.13. The molecule has 1 aromatic heterocycles. The molecular weight excluding hydrogens is 207 g/mol. The molecule has 0 aliphatic rings. The zero-order valence-corrected chi connectivity index (χ0v) is 7.46. The van der Waals surface area contributed by atoms with E-state index in [0.29, 0.717) is 22.3 Å².